The maximum atomic E-state index is 13.1. The van der Waals surface area contributed by atoms with Crippen molar-refractivity contribution in [1.82, 2.24) is 0 Å². The average molecular weight is 232 g/mol. The number of hydrogen-bond acceptors (Lipinski definition) is 2. The number of benzene rings is 1. The number of hydrogen-bond donors (Lipinski definition) is 1. The Bertz CT molecular complexity index is 408. The van der Waals surface area contributed by atoms with Crippen molar-refractivity contribution >= 4 is 12.3 Å². The molecule has 6 heteroatoms. The zero-order valence-corrected chi connectivity index (χ0v) is 7.91. The van der Waals surface area contributed by atoms with Crippen molar-refractivity contribution in [3.63, 3.8) is 0 Å². The third-order valence-corrected chi connectivity index (χ3v) is 2.01. The molecule has 1 atom stereocenters. The zero-order chi connectivity index (χ0) is 12.3. The SMILES string of the molecule is O=CC(Cc1c(F)cc(F)cc1F)C(=O)O. The molecular formula is C10H7F3O3. The van der Waals surface area contributed by atoms with Crippen LogP contribution in [0.15, 0.2) is 12.1 Å². The number of aliphatic carboxylic acids is 1. The van der Waals surface area contributed by atoms with E-state index in [1.54, 1.807) is 0 Å². The van der Waals surface area contributed by atoms with E-state index in [2.05, 4.69) is 0 Å². The van der Waals surface area contributed by atoms with E-state index in [9.17, 15) is 22.8 Å². The molecule has 0 amide bonds. The van der Waals surface area contributed by atoms with Crippen molar-refractivity contribution < 1.29 is 27.9 Å². The minimum absolute atomic E-state index is 0.0740. The van der Waals surface area contributed by atoms with E-state index in [1.807, 2.05) is 0 Å². The predicted octanol–water partition coefficient (Wildman–Crippen LogP) is 1.55. The highest BCUT2D eigenvalue weighted by molar-refractivity contribution is 5.86. The molecule has 86 valence electrons. The van der Waals surface area contributed by atoms with Gasteiger partial charge in [0.05, 0.1) is 0 Å². The van der Waals surface area contributed by atoms with Crippen molar-refractivity contribution in [3.8, 4) is 0 Å². The van der Waals surface area contributed by atoms with Crippen LogP contribution in [0, 0.1) is 23.4 Å². The molecule has 0 aromatic heterocycles. The molecule has 0 aliphatic rings. The van der Waals surface area contributed by atoms with Crippen LogP contribution >= 0.6 is 0 Å². The molecular weight excluding hydrogens is 225 g/mol. The Morgan fingerprint density at radius 2 is 1.81 bits per heavy atom. The second kappa shape index (κ2) is 4.78. The van der Waals surface area contributed by atoms with Crippen molar-refractivity contribution in [2.75, 3.05) is 0 Å². The number of rotatable bonds is 4. The van der Waals surface area contributed by atoms with Gasteiger partial charge in [0.1, 0.15) is 29.7 Å². The molecule has 0 saturated heterocycles. The molecule has 0 radical (unpaired) electrons. The van der Waals surface area contributed by atoms with Crippen LogP contribution in [0.1, 0.15) is 5.56 Å². The maximum Gasteiger partial charge on any atom is 0.314 e. The summed E-state index contributed by atoms with van der Waals surface area (Å²) in [5.74, 6) is -6.54. The Morgan fingerprint density at radius 3 is 2.19 bits per heavy atom. The first-order valence-electron chi connectivity index (χ1n) is 4.27. The van der Waals surface area contributed by atoms with Crippen LogP contribution in [0.4, 0.5) is 13.2 Å². The second-order valence-corrected chi connectivity index (χ2v) is 3.13. The van der Waals surface area contributed by atoms with Crippen LogP contribution in [0.5, 0.6) is 0 Å². The van der Waals surface area contributed by atoms with E-state index in [0.717, 1.165) is 0 Å². The lowest BCUT2D eigenvalue weighted by atomic mass is 10.00. The van der Waals surface area contributed by atoms with Gasteiger partial charge in [0.15, 0.2) is 0 Å². The summed E-state index contributed by atoms with van der Waals surface area (Å²) in [5, 5.41) is 8.52. The Labute approximate surface area is 88.5 Å². The molecule has 1 aromatic rings. The Hall–Kier alpha value is -1.85. The number of aldehydes is 1. The Kier molecular flexibility index (Phi) is 3.65. The highest BCUT2D eigenvalue weighted by Crippen LogP contribution is 2.18. The summed E-state index contributed by atoms with van der Waals surface area (Å²) in [6, 6.07) is 0.865. The van der Waals surface area contributed by atoms with E-state index in [-0.39, 0.29) is 6.29 Å². The molecule has 16 heavy (non-hydrogen) atoms. The number of halogens is 3. The molecule has 0 spiro atoms. The van der Waals surface area contributed by atoms with Crippen molar-refractivity contribution in [1.29, 1.82) is 0 Å². The van der Waals surface area contributed by atoms with Crippen molar-refractivity contribution in [3.05, 3.63) is 35.1 Å². The maximum absolute atomic E-state index is 13.1. The van der Waals surface area contributed by atoms with Crippen LogP contribution in [0.25, 0.3) is 0 Å². The lowest BCUT2D eigenvalue weighted by molar-refractivity contribution is -0.143. The topological polar surface area (TPSA) is 54.4 Å². The van der Waals surface area contributed by atoms with Gasteiger partial charge >= 0.3 is 5.97 Å². The second-order valence-electron chi connectivity index (χ2n) is 3.13. The lowest BCUT2D eigenvalue weighted by Crippen LogP contribution is -2.19. The smallest absolute Gasteiger partial charge is 0.314 e. The van der Waals surface area contributed by atoms with Gasteiger partial charge < -0.3 is 9.90 Å². The first-order chi connectivity index (χ1) is 7.45. The van der Waals surface area contributed by atoms with E-state index in [4.69, 9.17) is 5.11 Å². The number of carbonyl (C=O) groups excluding carboxylic acids is 1. The third kappa shape index (κ3) is 2.59. The van der Waals surface area contributed by atoms with E-state index in [0.29, 0.717) is 12.1 Å². The van der Waals surface area contributed by atoms with E-state index >= 15 is 0 Å². The van der Waals surface area contributed by atoms with Gasteiger partial charge in [0, 0.05) is 17.7 Å². The van der Waals surface area contributed by atoms with E-state index in [1.165, 1.54) is 0 Å². The molecule has 0 aliphatic carbocycles. The normalized spacial score (nSPS) is 12.2. The third-order valence-electron chi connectivity index (χ3n) is 2.01. The van der Waals surface area contributed by atoms with Crippen molar-refractivity contribution in [2.45, 2.75) is 6.42 Å². The van der Waals surface area contributed by atoms with Gasteiger partial charge in [-0.3, -0.25) is 4.79 Å². The summed E-state index contributed by atoms with van der Waals surface area (Å²) in [6.07, 6.45) is -0.568. The molecule has 1 aromatic carbocycles. The summed E-state index contributed by atoms with van der Waals surface area (Å²) in [7, 11) is 0. The van der Waals surface area contributed by atoms with Gasteiger partial charge in [-0.2, -0.15) is 0 Å². The number of carboxylic acids is 1. The van der Waals surface area contributed by atoms with Crippen LogP contribution < -0.4 is 0 Å². The fraction of sp³-hybridized carbons (Fsp3) is 0.200. The largest absolute Gasteiger partial charge is 0.481 e. The number of carbonyl (C=O) groups is 2. The van der Waals surface area contributed by atoms with Gasteiger partial charge in [0.2, 0.25) is 0 Å². The van der Waals surface area contributed by atoms with Crippen LogP contribution in [-0.4, -0.2) is 17.4 Å². The first kappa shape index (κ1) is 12.2. The van der Waals surface area contributed by atoms with Crippen LogP contribution in [-0.2, 0) is 16.0 Å². The van der Waals surface area contributed by atoms with Crippen LogP contribution in [0.3, 0.4) is 0 Å². The summed E-state index contributed by atoms with van der Waals surface area (Å²) in [5.41, 5.74) is -0.610. The molecule has 0 fully saturated rings. The van der Waals surface area contributed by atoms with Gasteiger partial charge in [-0.15, -0.1) is 0 Å². The monoisotopic (exact) mass is 232 g/mol. The lowest BCUT2D eigenvalue weighted by Gasteiger charge is -2.07. The highest BCUT2D eigenvalue weighted by atomic mass is 19.1. The molecule has 0 bridgehead atoms. The molecule has 1 rings (SSSR count). The molecule has 1 N–H and O–H groups in total. The summed E-state index contributed by atoms with van der Waals surface area (Å²) in [6.45, 7) is 0. The molecule has 0 heterocycles. The summed E-state index contributed by atoms with van der Waals surface area (Å²) < 4.78 is 38.7. The summed E-state index contributed by atoms with van der Waals surface area (Å²) in [4.78, 5) is 20.8. The average Bonchev–Trinajstić information content (AvgIpc) is 2.15. The van der Waals surface area contributed by atoms with E-state index < -0.39 is 41.3 Å². The summed E-state index contributed by atoms with van der Waals surface area (Å²) >= 11 is 0. The minimum atomic E-state index is -1.55. The minimum Gasteiger partial charge on any atom is -0.481 e. The predicted molar refractivity (Wildman–Crippen MR) is 47.2 cm³/mol. The Balaban J connectivity index is 3.05. The van der Waals surface area contributed by atoms with Crippen molar-refractivity contribution in [2.24, 2.45) is 5.92 Å². The van der Waals surface area contributed by atoms with Gasteiger partial charge in [-0.25, -0.2) is 13.2 Å². The Morgan fingerprint density at radius 1 is 1.31 bits per heavy atom. The van der Waals surface area contributed by atoms with Gasteiger partial charge in [-0.1, -0.05) is 0 Å². The highest BCUT2D eigenvalue weighted by Gasteiger charge is 2.21. The number of carboxylic acid groups (broad SMARTS) is 1. The standard InChI is InChI=1S/C10H7F3O3/c11-6-2-8(12)7(9(13)3-6)1-5(4-14)10(15)16/h2-5H,1H2,(H,15,16). The molecule has 1 unspecified atom stereocenters. The molecule has 0 saturated carbocycles. The quantitative estimate of drug-likeness (QED) is 0.632. The van der Waals surface area contributed by atoms with Gasteiger partial charge in [0.25, 0.3) is 0 Å². The first-order valence-corrected chi connectivity index (χ1v) is 4.27. The fourth-order valence-corrected chi connectivity index (χ4v) is 1.18. The van der Waals surface area contributed by atoms with Crippen LogP contribution in [0.2, 0.25) is 0 Å². The van der Waals surface area contributed by atoms with Gasteiger partial charge in [-0.05, 0) is 6.42 Å². The molecule has 0 aliphatic heterocycles. The fourth-order valence-electron chi connectivity index (χ4n) is 1.18. The zero-order valence-electron chi connectivity index (χ0n) is 7.91. The molecule has 3 nitrogen and oxygen atoms in total.